The molecule has 0 aromatic carbocycles. The van der Waals surface area contributed by atoms with Gasteiger partial charge in [0.1, 0.15) is 0 Å². The van der Waals surface area contributed by atoms with E-state index in [2.05, 4.69) is 26.7 Å². The maximum atomic E-state index is 5.61. The highest BCUT2D eigenvalue weighted by molar-refractivity contribution is 7.71. The topological polar surface area (TPSA) is 55.7 Å². The Morgan fingerprint density at radius 2 is 2.26 bits per heavy atom. The molecule has 1 aliphatic heterocycles. The van der Waals surface area contributed by atoms with Crippen molar-refractivity contribution in [2.24, 2.45) is 5.92 Å². The number of H-pyrrole nitrogens is 1. The summed E-state index contributed by atoms with van der Waals surface area (Å²) in [5.74, 6) is 1.36. The van der Waals surface area contributed by atoms with Crippen molar-refractivity contribution in [3.8, 4) is 11.4 Å². The van der Waals surface area contributed by atoms with Crippen molar-refractivity contribution in [1.82, 2.24) is 19.7 Å². The first kappa shape index (κ1) is 12.5. The van der Waals surface area contributed by atoms with Crippen LogP contribution in [0.5, 0.6) is 0 Å². The second kappa shape index (κ2) is 5.22. The molecule has 2 unspecified atom stereocenters. The van der Waals surface area contributed by atoms with E-state index in [9.17, 15) is 0 Å². The van der Waals surface area contributed by atoms with Crippen LogP contribution in [0.3, 0.4) is 0 Å². The molecule has 1 saturated heterocycles. The third-order valence-corrected chi connectivity index (χ3v) is 3.96. The van der Waals surface area contributed by atoms with Crippen molar-refractivity contribution >= 4 is 12.2 Å². The Morgan fingerprint density at radius 1 is 1.47 bits per heavy atom. The SMILES string of the molecule is CC1OCCC1Cn1c(-c2ccncc2)n[nH]c1=S. The molecule has 5 nitrogen and oxygen atoms in total. The number of hydrogen-bond acceptors (Lipinski definition) is 4. The van der Waals surface area contributed by atoms with Crippen molar-refractivity contribution in [3.05, 3.63) is 29.3 Å². The summed E-state index contributed by atoms with van der Waals surface area (Å²) < 4.78 is 8.33. The average molecular weight is 276 g/mol. The molecular weight excluding hydrogens is 260 g/mol. The summed E-state index contributed by atoms with van der Waals surface area (Å²) in [6.45, 7) is 3.79. The molecule has 0 amide bonds. The van der Waals surface area contributed by atoms with E-state index in [1.54, 1.807) is 12.4 Å². The largest absolute Gasteiger partial charge is 0.378 e. The van der Waals surface area contributed by atoms with Gasteiger partial charge >= 0.3 is 0 Å². The number of hydrogen-bond donors (Lipinski definition) is 1. The van der Waals surface area contributed by atoms with E-state index >= 15 is 0 Å². The van der Waals surface area contributed by atoms with Gasteiger partial charge in [-0.2, -0.15) is 5.10 Å². The Bertz CT molecular complexity index is 607. The monoisotopic (exact) mass is 276 g/mol. The van der Waals surface area contributed by atoms with Crippen molar-refractivity contribution in [2.45, 2.75) is 26.0 Å². The van der Waals surface area contributed by atoms with Crippen LogP contribution >= 0.6 is 12.2 Å². The predicted octanol–water partition coefficient (Wildman–Crippen LogP) is 2.43. The molecule has 2 aromatic rings. The highest BCUT2D eigenvalue weighted by Crippen LogP contribution is 2.25. The Morgan fingerprint density at radius 3 is 2.95 bits per heavy atom. The van der Waals surface area contributed by atoms with Crippen LogP contribution < -0.4 is 0 Å². The fourth-order valence-electron chi connectivity index (χ4n) is 2.46. The number of ether oxygens (including phenoxy) is 1. The Labute approximate surface area is 116 Å². The Balaban J connectivity index is 1.93. The van der Waals surface area contributed by atoms with E-state index in [-0.39, 0.29) is 6.10 Å². The van der Waals surface area contributed by atoms with Crippen LogP contribution in [-0.2, 0) is 11.3 Å². The van der Waals surface area contributed by atoms with E-state index in [1.165, 1.54) is 0 Å². The molecule has 1 fully saturated rings. The van der Waals surface area contributed by atoms with Crippen molar-refractivity contribution in [3.63, 3.8) is 0 Å². The van der Waals surface area contributed by atoms with Crippen molar-refractivity contribution in [2.75, 3.05) is 6.61 Å². The van der Waals surface area contributed by atoms with Gasteiger partial charge in [-0.1, -0.05) is 0 Å². The fourth-order valence-corrected chi connectivity index (χ4v) is 2.67. The van der Waals surface area contributed by atoms with Gasteiger partial charge in [-0.15, -0.1) is 0 Å². The predicted molar refractivity (Wildman–Crippen MR) is 74.2 cm³/mol. The highest BCUT2D eigenvalue weighted by atomic mass is 32.1. The Hall–Kier alpha value is -1.53. The van der Waals surface area contributed by atoms with Crippen LogP contribution in [-0.4, -0.2) is 32.5 Å². The molecule has 3 heterocycles. The quantitative estimate of drug-likeness (QED) is 0.875. The zero-order valence-corrected chi connectivity index (χ0v) is 11.6. The summed E-state index contributed by atoms with van der Waals surface area (Å²) in [6, 6.07) is 3.88. The first-order valence-corrected chi connectivity index (χ1v) is 6.83. The second-order valence-corrected chi connectivity index (χ2v) is 5.21. The number of aromatic nitrogens is 4. The fraction of sp³-hybridized carbons (Fsp3) is 0.462. The number of pyridine rings is 1. The molecule has 3 rings (SSSR count). The summed E-state index contributed by atoms with van der Waals surface area (Å²) in [4.78, 5) is 4.03. The van der Waals surface area contributed by atoms with Crippen LogP contribution in [0.25, 0.3) is 11.4 Å². The standard InChI is InChI=1S/C13H16N4OS/c1-9-11(4-7-18-9)8-17-12(15-16-13(17)19)10-2-5-14-6-3-10/h2-3,5-6,9,11H,4,7-8H2,1H3,(H,16,19). The van der Waals surface area contributed by atoms with Crippen LogP contribution in [0, 0.1) is 10.7 Å². The first-order valence-electron chi connectivity index (χ1n) is 6.43. The number of nitrogens with zero attached hydrogens (tertiary/aromatic N) is 3. The van der Waals surface area contributed by atoms with Gasteiger partial charge in [-0.3, -0.25) is 14.6 Å². The van der Waals surface area contributed by atoms with Gasteiger partial charge in [0, 0.05) is 37.0 Å². The smallest absolute Gasteiger partial charge is 0.195 e. The molecule has 0 saturated carbocycles. The first-order chi connectivity index (χ1) is 9.25. The zero-order chi connectivity index (χ0) is 13.2. The van der Waals surface area contributed by atoms with Gasteiger partial charge in [-0.25, -0.2) is 0 Å². The highest BCUT2D eigenvalue weighted by Gasteiger charge is 2.25. The normalized spacial score (nSPS) is 22.8. The van der Waals surface area contributed by atoms with Crippen LogP contribution in [0.15, 0.2) is 24.5 Å². The zero-order valence-electron chi connectivity index (χ0n) is 10.7. The molecule has 0 spiro atoms. The van der Waals surface area contributed by atoms with Gasteiger partial charge in [-0.05, 0) is 37.7 Å². The molecule has 6 heteroatoms. The molecule has 0 bridgehead atoms. The van der Waals surface area contributed by atoms with Crippen LogP contribution in [0.2, 0.25) is 0 Å². The maximum Gasteiger partial charge on any atom is 0.195 e. The third kappa shape index (κ3) is 2.46. The minimum atomic E-state index is 0.280. The van der Waals surface area contributed by atoms with Crippen molar-refractivity contribution < 1.29 is 4.74 Å². The summed E-state index contributed by atoms with van der Waals surface area (Å²) in [7, 11) is 0. The van der Waals surface area contributed by atoms with Gasteiger partial charge in [0.2, 0.25) is 0 Å². The molecule has 1 N–H and O–H groups in total. The number of rotatable bonds is 3. The summed E-state index contributed by atoms with van der Waals surface area (Å²) in [6.07, 6.45) is 4.88. The lowest BCUT2D eigenvalue weighted by Gasteiger charge is -2.15. The summed E-state index contributed by atoms with van der Waals surface area (Å²) in [5.41, 5.74) is 1.02. The number of nitrogens with one attached hydrogen (secondary N) is 1. The minimum Gasteiger partial charge on any atom is -0.378 e. The van der Waals surface area contributed by atoms with Crippen LogP contribution in [0.1, 0.15) is 13.3 Å². The van der Waals surface area contributed by atoms with Gasteiger partial charge in [0.05, 0.1) is 6.10 Å². The summed E-state index contributed by atoms with van der Waals surface area (Å²) in [5, 5.41) is 7.21. The molecule has 19 heavy (non-hydrogen) atoms. The molecule has 100 valence electrons. The lowest BCUT2D eigenvalue weighted by Crippen LogP contribution is -2.18. The third-order valence-electron chi connectivity index (χ3n) is 3.65. The molecule has 0 radical (unpaired) electrons. The van der Waals surface area contributed by atoms with E-state index in [0.29, 0.717) is 10.7 Å². The van der Waals surface area contributed by atoms with Crippen LogP contribution in [0.4, 0.5) is 0 Å². The number of aromatic amines is 1. The molecule has 1 aliphatic rings. The van der Waals surface area contributed by atoms with Gasteiger partial charge in [0.25, 0.3) is 0 Å². The lowest BCUT2D eigenvalue weighted by molar-refractivity contribution is 0.102. The van der Waals surface area contributed by atoms with E-state index in [4.69, 9.17) is 17.0 Å². The van der Waals surface area contributed by atoms with E-state index < -0.39 is 0 Å². The van der Waals surface area contributed by atoms with Gasteiger partial charge < -0.3 is 4.74 Å². The van der Waals surface area contributed by atoms with E-state index in [0.717, 1.165) is 31.0 Å². The molecular formula is C13H16N4OS. The maximum absolute atomic E-state index is 5.61. The average Bonchev–Trinajstić information content (AvgIpc) is 2.99. The summed E-state index contributed by atoms with van der Waals surface area (Å²) >= 11 is 5.33. The molecule has 0 aliphatic carbocycles. The molecule has 2 atom stereocenters. The van der Waals surface area contributed by atoms with E-state index in [1.807, 2.05) is 12.1 Å². The second-order valence-electron chi connectivity index (χ2n) is 4.82. The van der Waals surface area contributed by atoms with Crippen molar-refractivity contribution in [1.29, 1.82) is 0 Å². The lowest BCUT2D eigenvalue weighted by atomic mass is 10.0. The van der Waals surface area contributed by atoms with Gasteiger partial charge in [0.15, 0.2) is 10.6 Å². The molecule has 2 aromatic heterocycles. The Kier molecular flexibility index (Phi) is 3.44. The minimum absolute atomic E-state index is 0.280.